The molecule has 0 atom stereocenters. The predicted molar refractivity (Wildman–Crippen MR) is 131 cm³/mol. The van der Waals surface area contributed by atoms with E-state index in [9.17, 15) is 4.79 Å². The van der Waals surface area contributed by atoms with Gasteiger partial charge in [-0.2, -0.15) is 0 Å². The lowest BCUT2D eigenvalue weighted by molar-refractivity contribution is 0.180. The van der Waals surface area contributed by atoms with E-state index >= 15 is 0 Å². The summed E-state index contributed by atoms with van der Waals surface area (Å²) >= 11 is 6.27. The number of benzene rings is 3. The molecule has 1 aromatic heterocycles. The number of hydrogen-bond acceptors (Lipinski definition) is 4. The Hall–Kier alpha value is -3.22. The Kier molecular flexibility index (Phi) is 6.11. The van der Waals surface area contributed by atoms with E-state index in [4.69, 9.17) is 21.1 Å². The van der Waals surface area contributed by atoms with E-state index < -0.39 is 0 Å². The summed E-state index contributed by atoms with van der Waals surface area (Å²) in [4.78, 5) is 17.9. The fraction of sp³-hybridized carbons (Fsp3) is 0.269. The van der Waals surface area contributed by atoms with Crippen LogP contribution in [0.5, 0.6) is 17.2 Å². The van der Waals surface area contributed by atoms with Gasteiger partial charge in [-0.25, -0.2) is 4.79 Å². The molecule has 0 aliphatic carbocycles. The maximum Gasteiger partial charge on any atom is 0.326 e. The number of rotatable bonds is 6. The molecule has 0 bridgehead atoms. The summed E-state index contributed by atoms with van der Waals surface area (Å²) in [5, 5.41) is 0.580. The van der Waals surface area contributed by atoms with Crippen LogP contribution in [-0.4, -0.2) is 34.7 Å². The Morgan fingerprint density at radius 2 is 1.76 bits per heavy atom. The van der Waals surface area contributed by atoms with Crippen molar-refractivity contribution in [2.45, 2.75) is 25.4 Å². The Labute approximate surface area is 197 Å². The Balaban J connectivity index is 1.25. The van der Waals surface area contributed by atoms with E-state index in [2.05, 4.69) is 22.0 Å². The van der Waals surface area contributed by atoms with Crippen LogP contribution >= 0.6 is 11.6 Å². The van der Waals surface area contributed by atoms with E-state index in [1.807, 2.05) is 53.1 Å². The number of piperidine rings is 1. The second kappa shape index (κ2) is 9.33. The Bertz CT molecular complexity index is 1320. The summed E-state index contributed by atoms with van der Waals surface area (Å²) < 4.78 is 13.3. The van der Waals surface area contributed by atoms with Gasteiger partial charge in [0, 0.05) is 25.7 Å². The number of imidazole rings is 1. The zero-order valence-corrected chi connectivity index (χ0v) is 19.2. The molecular formula is C26H26ClN3O3. The molecule has 1 N–H and O–H groups in total. The third-order valence-corrected chi connectivity index (χ3v) is 6.54. The number of nitrogens with zero attached hydrogens (tertiary/aromatic N) is 2. The number of halogens is 1. The molecule has 1 aliphatic heterocycles. The molecule has 170 valence electrons. The third kappa shape index (κ3) is 4.49. The standard InChI is InChI=1S/C26H26ClN3O3/c1-32-23-10-2-3-11-24(23)33-20-7-4-6-18(16-20)17-29-14-12-19(13-15-29)30-22-9-5-8-21(27)25(22)28-26(30)31/h2-11,16,19H,12-15,17H2,1H3,(H,28,31). The first-order valence-electron chi connectivity index (χ1n) is 11.1. The molecular weight excluding hydrogens is 438 g/mol. The molecule has 1 saturated heterocycles. The number of nitrogens with one attached hydrogen (secondary N) is 1. The van der Waals surface area contributed by atoms with Crippen molar-refractivity contribution in [3.8, 4) is 17.2 Å². The average molecular weight is 464 g/mol. The van der Waals surface area contributed by atoms with Crippen molar-refractivity contribution in [3.63, 3.8) is 0 Å². The zero-order chi connectivity index (χ0) is 22.8. The average Bonchev–Trinajstić information content (AvgIpc) is 3.17. The fourth-order valence-corrected chi connectivity index (χ4v) is 4.82. The highest BCUT2D eigenvalue weighted by atomic mass is 35.5. The van der Waals surface area contributed by atoms with Gasteiger partial charge in [0.1, 0.15) is 5.75 Å². The summed E-state index contributed by atoms with van der Waals surface area (Å²) in [7, 11) is 1.64. The van der Waals surface area contributed by atoms with Crippen LogP contribution in [0.2, 0.25) is 5.02 Å². The minimum absolute atomic E-state index is 0.0854. The number of likely N-dealkylation sites (tertiary alicyclic amines) is 1. The Morgan fingerprint density at radius 3 is 2.55 bits per heavy atom. The first-order valence-corrected chi connectivity index (χ1v) is 11.5. The highest BCUT2D eigenvalue weighted by Crippen LogP contribution is 2.32. The molecule has 1 fully saturated rings. The Morgan fingerprint density at radius 1 is 1.00 bits per heavy atom. The number of para-hydroxylation sites is 3. The van der Waals surface area contributed by atoms with Crippen LogP contribution in [0.3, 0.4) is 0 Å². The molecule has 3 aromatic carbocycles. The summed E-state index contributed by atoms with van der Waals surface area (Å²) in [5.41, 5.74) is 2.71. The SMILES string of the molecule is COc1ccccc1Oc1cccc(CN2CCC(n3c(=O)[nH]c4c(Cl)cccc43)CC2)c1. The van der Waals surface area contributed by atoms with Crippen molar-refractivity contribution < 1.29 is 9.47 Å². The number of fused-ring (bicyclic) bond motifs is 1. The third-order valence-electron chi connectivity index (χ3n) is 6.23. The number of H-pyrrole nitrogens is 1. The molecule has 2 heterocycles. The summed E-state index contributed by atoms with van der Waals surface area (Å²) in [6, 6.07) is 21.6. The molecule has 5 rings (SSSR count). The number of aromatic amines is 1. The molecule has 1 aliphatic rings. The highest BCUT2D eigenvalue weighted by molar-refractivity contribution is 6.34. The van der Waals surface area contributed by atoms with E-state index in [1.54, 1.807) is 13.2 Å². The number of ether oxygens (including phenoxy) is 2. The first-order chi connectivity index (χ1) is 16.1. The quantitative estimate of drug-likeness (QED) is 0.403. The fourth-order valence-electron chi connectivity index (χ4n) is 4.61. The monoisotopic (exact) mass is 463 g/mol. The molecule has 0 radical (unpaired) electrons. The molecule has 7 heteroatoms. The molecule has 0 spiro atoms. The largest absolute Gasteiger partial charge is 0.493 e. The van der Waals surface area contributed by atoms with Gasteiger partial charge in [-0.1, -0.05) is 41.9 Å². The van der Waals surface area contributed by atoms with E-state index in [0.29, 0.717) is 16.5 Å². The van der Waals surface area contributed by atoms with Gasteiger partial charge in [0.15, 0.2) is 11.5 Å². The van der Waals surface area contributed by atoms with Crippen molar-refractivity contribution in [1.82, 2.24) is 14.5 Å². The van der Waals surface area contributed by atoms with E-state index in [0.717, 1.165) is 49.3 Å². The lowest BCUT2D eigenvalue weighted by atomic mass is 10.0. The van der Waals surface area contributed by atoms with Gasteiger partial charge in [-0.05, 0) is 54.8 Å². The normalized spacial score (nSPS) is 15.1. The van der Waals surface area contributed by atoms with Crippen molar-refractivity contribution in [2.75, 3.05) is 20.2 Å². The minimum Gasteiger partial charge on any atom is -0.493 e. The maximum atomic E-state index is 12.6. The van der Waals surface area contributed by atoms with Crippen LogP contribution in [0, 0.1) is 0 Å². The summed E-state index contributed by atoms with van der Waals surface area (Å²) in [5.74, 6) is 2.19. The topological polar surface area (TPSA) is 59.5 Å². The predicted octanol–water partition coefficient (Wildman–Crippen LogP) is 5.62. The molecule has 33 heavy (non-hydrogen) atoms. The number of methoxy groups -OCH3 is 1. The smallest absolute Gasteiger partial charge is 0.326 e. The van der Waals surface area contributed by atoms with Crippen LogP contribution in [0.4, 0.5) is 0 Å². The van der Waals surface area contributed by atoms with Gasteiger partial charge < -0.3 is 14.5 Å². The van der Waals surface area contributed by atoms with Crippen LogP contribution < -0.4 is 15.2 Å². The van der Waals surface area contributed by atoms with Crippen molar-refractivity contribution in [1.29, 1.82) is 0 Å². The number of hydrogen-bond donors (Lipinski definition) is 1. The molecule has 6 nitrogen and oxygen atoms in total. The van der Waals surface area contributed by atoms with E-state index in [1.165, 1.54) is 5.56 Å². The minimum atomic E-state index is -0.0854. The maximum absolute atomic E-state index is 12.6. The molecule has 4 aromatic rings. The molecule has 0 saturated carbocycles. The lowest BCUT2D eigenvalue weighted by Gasteiger charge is -2.32. The van der Waals surface area contributed by atoms with E-state index in [-0.39, 0.29) is 11.7 Å². The first kappa shape index (κ1) is 21.6. The van der Waals surface area contributed by atoms with Crippen LogP contribution in [0.15, 0.2) is 71.5 Å². The van der Waals surface area contributed by atoms with Crippen LogP contribution in [0.25, 0.3) is 11.0 Å². The van der Waals surface area contributed by atoms with Crippen molar-refractivity contribution >= 4 is 22.6 Å². The van der Waals surface area contributed by atoms with Gasteiger partial charge in [-0.3, -0.25) is 9.47 Å². The van der Waals surface area contributed by atoms with Gasteiger partial charge in [0.2, 0.25) is 0 Å². The molecule has 0 unspecified atom stereocenters. The number of aromatic nitrogens is 2. The summed E-state index contributed by atoms with van der Waals surface area (Å²) in [6.07, 6.45) is 1.83. The summed E-state index contributed by atoms with van der Waals surface area (Å²) in [6.45, 7) is 2.67. The zero-order valence-electron chi connectivity index (χ0n) is 18.5. The second-order valence-corrected chi connectivity index (χ2v) is 8.75. The highest BCUT2D eigenvalue weighted by Gasteiger charge is 2.24. The van der Waals surface area contributed by atoms with Crippen LogP contribution in [-0.2, 0) is 6.54 Å². The van der Waals surface area contributed by atoms with Crippen molar-refractivity contribution in [2.24, 2.45) is 0 Å². The van der Waals surface area contributed by atoms with Gasteiger partial charge in [0.05, 0.1) is 23.2 Å². The second-order valence-electron chi connectivity index (χ2n) is 8.34. The van der Waals surface area contributed by atoms with Gasteiger partial charge >= 0.3 is 5.69 Å². The molecule has 0 amide bonds. The van der Waals surface area contributed by atoms with Gasteiger partial charge in [0.25, 0.3) is 0 Å². The lowest BCUT2D eigenvalue weighted by Crippen LogP contribution is -2.36. The van der Waals surface area contributed by atoms with Crippen molar-refractivity contribution in [3.05, 3.63) is 87.8 Å². The van der Waals surface area contributed by atoms with Gasteiger partial charge in [-0.15, -0.1) is 0 Å². The van der Waals surface area contributed by atoms with Crippen LogP contribution in [0.1, 0.15) is 24.4 Å².